The Morgan fingerprint density at radius 1 is 1.25 bits per heavy atom. The van der Waals surface area contributed by atoms with Crippen LogP contribution in [0.2, 0.25) is 10.0 Å². The third-order valence-electron chi connectivity index (χ3n) is 1.69. The van der Waals surface area contributed by atoms with Crippen LogP contribution >= 0.6 is 23.2 Å². The van der Waals surface area contributed by atoms with Crippen LogP contribution in [-0.4, -0.2) is 12.1 Å². The normalized spacial score (nSPS) is 11.3. The number of rotatable bonds is 2. The second-order valence-electron chi connectivity index (χ2n) is 2.93. The first-order valence-electron chi connectivity index (χ1n) is 4.09. The van der Waals surface area contributed by atoms with E-state index in [2.05, 4.69) is 0 Å². The van der Waals surface area contributed by atoms with Crippen molar-refractivity contribution in [1.82, 2.24) is 5.32 Å². The van der Waals surface area contributed by atoms with Gasteiger partial charge in [0.15, 0.2) is 0 Å². The van der Waals surface area contributed by atoms with Gasteiger partial charge in [-0.05, 0) is 17.7 Å². The predicted octanol–water partition coefficient (Wildman–Crippen LogP) is 3.17. The first kappa shape index (κ1) is 13.1. The molecule has 0 heterocycles. The molecule has 0 aliphatic carbocycles. The van der Waals surface area contributed by atoms with Crippen LogP contribution in [0.25, 0.3) is 0 Å². The van der Waals surface area contributed by atoms with Crippen molar-refractivity contribution in [3.05, 3.63) is 33.8 Å². The van der Waals surface area contributed by atoms with Gasteiger partial charge in [-0.1, -0.05) is 29.3 Å². The molecule has 16 heavy (non-hydrogen) atoms. The van der Waals surface area contributed by atoms with Crippen LogP contribution in [0.3, 0.4) is 0 Å². The summed E-state index contributed by atoms with van der Waals surface area (Å²) >= 11 is 11.3. The Bertz CT molecular complexity index is 406. The van der Waals surface area contributed by atoms with Crippen molar-refractivity contribution in [3.8, 4) is 0 Å². The lowest BCUT2D eigenvalue weighted by atomic mass is 10.2. The monoisotopic (exact) mass is 271 g/mol. The highest BCUT2D eigenvalue weighted by molar-refractivity contribution is 6.42. The summed E-state index contributed by atoms with van der Waals surface area (Å²) in [4.78, 5) is 10.5. The minimum Gasteiger partial charge on any atom is -0.344 e. The quantitative estimate of drug-likeness (QED) is 0.880. The minimum atomic E-state index is -4.88. The third kappa shape index (κ3) is 3.57. The molecule has 0 saturated carbocycles. The summed E-state index contributed by atoms with van der Waals surface area (Å²) in [6.07, 6.45) is -4.88. The number of carbonyl (C=O) groups is 1. The molecular weight excluding hydrogens is 266 g/mol. The number of hydrogen-bond donors (Lipinski definition) is 1. The summed E-state index contributed by atoms with van der Waals surface area (Å²) < 4.78 is 35.5. The van der Waals surface area contributed by atoms with Crippen molar-refractivity contribution in [2.24, 2.45) is 0 Å². The molecule has 7 heteroatoms. The van der Waals surface area contributed by atoms with Gasteiger partial charge in [-0.25, -0.2) is 0 Å². The summed E-state index contributed by atoms with van der Waals surface area (Å²) in [5.74, 6) is -1.99. The maximum absolute atomic E-state index is 11.8. The van der Waals surface area contributed by atoms with Crippen LogP contribution in [-0.2, 0) is 11.3 Å². The molecule has 1 aromatic carbocycles. The molecule has 0 radical (unpaired) electrons. The van der Waals surface area contributed by atoms with Crippen LogP contribution in [0.4, 0.5) is 13.2 Å². The van der Waals surface area contributed by atoms with Gasteiger partial charge in [0, 0.05) is 6.54 Å². The Labute approximate surface area is 99.3 Å². The van der Waals surface area contributed by atoms with Crippen molar-refractivity contribution in [2.75, 3.05) is 0 Å². The van der Waals surface area contributed by atoms with Crippen LogP contribution in [0, 0.1) is 0 Å². The highest BCUT2D eigenvalue weighted by Crippen LogP contribution is 2.22. The zero-order valence-electron chi connectivity index (χ0n) is 7.74. The number of carbonyl (C=O) groups excluding carboxylic acids is 1. The highest BCUT2D eigenvalue weighted by atomic mass is 35.5. The van der Waals surface area contributed by atoms with Crippen LogP contribution in [0.15, 0.2) is 18.2 Å². The van der Waals surface area contributed by atoms with E-state index in [1.807, 2.05) is 0 Å². The largest absolute Gasteiger partial charge is 0.471 e. The molecule has 88 valence electrons. The lowest BCUT2D eigenvalue weighted by Crippen LogP contribution is -2.36. The van der Waals surface area contributed by atoms with E-state index in [1.54, 1.807) is 5.32 Å². The van der Waals surface area contributed by atoms with Gasteiger partial charge in [-0.2, -0.15) is 13.2 Å². The van der Waals surface area contributed by atoms with Gasteiger partial charge in [0.25, 0.3) is 0 Å². The van der Waals surface area contributed by atoms with Crippen molar-refractivity contribution in [1.29, 1.82) is 0 Å². The molecule has 0 unspecified atom stereocenters. The third-order valence-corrected chi connectivity index (χ3v) is 2.43. The summed E-state index contributed by atoms with van der Waals surface area (Å²) in [6, 6.07) is 4.31. The zero-order chi connectivity index (χ0) is 12.3. The topological polar surface area (TPSA) is 29.1 Å². The molecule has 0 spiro atoms. The fraction of sp³-hybridized carbons (Fsp3) is 0.222. The van der Waals surface area contributed by atoms with Gasteiger partial charge < -0.3 is 5.32 Å². The summed E-state index contributed by atoms with van der Waals surface area (Å²) in [7, 11) is 0. The van der Waals surface area contributed by atoms with Gasteiger partial charge >= 0.3 is 12.1 Å². The van der Waals surface area contributed by atoms with E-state index in [9.17, 15) is 18.0 Å². The molecular formula is C9H6Cl2F3NO. The minimum absolute atomic E-state index is 0.223. The molecule has 1 aromatic rings. The average molecular weight is 272 g/mol. The van der Waals surface area contributed by atoms with Crippen LogP contribution in [0.1, 0.15) is 5.56 Å². The zero-order valence-corrected chi connectivity index (χ0v) is 9.25. The molecule has 0 saturated heterocycles. The second kappa shape index (κ2) is 4.93. The van der Waals surface area contributed by atoms with E-state index in [1.165, 1.54) is 18.2 Å². The van der Waals surface area contributed by atoms with Crippen molar-refractivity contribution >= 4 is 29.1 Å². The lowest BCUT2D eigenvalue weighted by molar-refractivity contribution is -0.173. The highest BCUT2D eigenvalue weighted by Gasteiger charge is 2.38. The van der Waals surface area contributed by atoms with Gasteiger partial charge in [-0.15, -0.1) is 0 Å². The van der Waals surface area contributed by atoms with Crippen LogP contribution in [0.5, 0.6) is 0 Å². The molecule has 0 aromatic heterocycles. The number of nitrogens with one attached hydrogen (secondary N) is 1. The summed E-state index contributed by atoms with van der Waals surface area (Å²) in [6.45, 7) is -0.255. The van der Waals surface area contributed by atoms with E-state index in [0.717, 1.165) is 0 Å². The van der Waals surface area contributed by atoms with Crippen molar-refractivity contribution in [2.45, 2.75) is 12.7 Å². The summed E-state index contributed by atoms with van der Waals surface area (Å²) in [5.41, 5.74) is 0.437. The van der Waals surface area contributed by atoms with E-state index in [0.29, 0.717) is 10.6 Å². The number of amides is 1. The van der Waals surface area contributed by atoms with Gasteiger partial charge in [0.1, 0.15) is 0 Å². The smallest absolute Gasteiger partial charge is 0.344 e. The molecule has 1 N–H and O–H groups in total. The number of hydrogen-bond acceptors (Lipinski definition) is 1. The predicted molar refractivity (Wildman–Crippen MR) is 54.4 cm³/mol. The Kier molecular flexibility index (Phi) is 4.04. The van der Waals surface area contributed by atoms with Crippen LogP contribution < -0.4 is 5.32 Å². The number of benzene rings is 1. The SMILES string of the molecule is O=C(NCc1ccc(Cl)c(Cl)c1)C(F)(F)F. The van der Waals surface area contributed by atoms with Crippen molar-refractivity contribution < 1.29 is 18.0 Å². The molecule has 0 fully saturated rings. The molecule has 0 bridgehead atoms. The maximum atomic E-state index is 11.8. The van der Waals surface area contributed by atoms with Gasteiger partial charge in [-0.3, -0.25) is 4.79 Å². The Morgan fingerprint density at radius 3 is 2.38 bits per heavy atom. The molecule has 0 atom stereocenters. The molecule has 1 rings (SSSR count). The fourth-order valence-corrected chi connectivity index (χ4v) is 1.25. The average Bonchev–Trinajstić information content (AvgIpc) is 2.18. The van der Waals surface area contributed by atoms with E-state index >= 15 is 0 Å². The first-order chi connectivity index (χ1) is 7.30. The molecule has 1 amide bonds. The Hall–Kier alpha value is -0.940. The second-order valence-corrected chi connectivity index (χ2v) is 3.74. The Morgan fingerprint density at radius 2 is 1.88 bits per heavy atom. The standard InChI is InChI=1S/C9H6Cl2F3NO/c10-6-2-1-5(3-7(6)11)4-15-8(16)9(12,13)14/h1-3H,4H2,(H,15,16). The fourth-order valence-electron chi connectivity index (χ4n) is 0.932. The molecule has 0 aliphatic rings. The summed E-state index contributed by atoms with van der Waals surface area (Å²) in [5, 5.41) is 2.24. The number of alkyl halides is 3. The van der Waals surface area contributed by atoms with E-state index in [-0.39, 0.29) is 11.6 Å². The lowest BCUT2D eigenvalue weighted by Gasteiger charge is -2.08. The first-order valence-corrected chi connectivity index (χ1v) is 4.85. The maximum Gasteiger partial charge on any atom is 0.471 e. The Balaban J connectivity index is 2.62. The van der Waals surface area contributed by atoms with Gasteiger partial charge in [0.05, 0.1) is 10.0 Å². The molecule has 0 aliphatic heterocycles. The van der Waals surface area contributed by atoms with Gasteiger partial charge in [0.2, 0.25) is 0 Å². The van der Waals surface area contributed by atoms with Crippen molar-refractivity contribution in [3.63, 3.8) is 0 Å². The molecule has 2 nitrogen and oxygen atoms in total. The number of halogens is 5. The van der Waals surface area contributed by atoms with E-state index < -0.39 is 12.1 Å². The van der Waals surface area contributed by atoms with E-state index in [4.69, 9.17) is 23.2 Å².